The molecular formula is C15H16BrN5OS. The summed E-state index contributed by atoms with van der Waals surface area (Å²) in [5, 5.41) is 14.6. The van der Waals surface area contributed by atoms with Crippen LogP contribution in [0.3, 0.4) is 0 Å². The third kappa shape index (κ3) is 3.57. The van der Waals surface area contributed by atoms with Crippen LogP contribution < -0.4 is 10.2 Å². The van der Waals surface area contributed by atoms with Gasteiger partial charge in [-0.05, 0) is 41.8 Å². The van der Waals surface area contributed by atoms with Gasteiger partial charge in [0.1, 0.15) is 11.8 Å². The highest BCUT2D eigenvalue weighted by Gasteiger charge is 2.23. The van der Waals surface area contributed by atoms with Crippen LogP contribution in [0.2, 0.25) is 0 Å². The number of thiazole rings is 1. The average Bonchev–Trinajstić information content (AvgIpc) is 3.15. The van der Waals surface area contributed by atoms with Crippen LogP contribution in [0.4, 0.5) is 5.13 Å². The number of amides is 1. The lowest BCUT2D eigenvalue weighted by Crippen LogP contribution is -2.44. The number of aryl methyl sites for hydroxylation is 1. The zero-order valence-electron chi connectivity index (χ0n) is 12.6. The number of rotatable bonds is 3. The van der Waals surface area contributed by atoms with Gasteiger partial charge in [0.25, 0.3) is 5.91 Å². The maximum Gasteiger partial charge on any atom is 0.267 e. The molecule has 0 atom stereocenters. The molecular weight excluding hydrogens is 378 g/mol. The van der Waals surface area contributed by atoms with E-state index in [9.17, 15) is 4.79 Å². The Balaban J connectivity index is 1.55. The highest BCUT2D eigenvalue weighted by atomic mass is 79.9. The summed E-state index contributed by atoms with van der Waals surface area (Å²) < 4.78 is 0.912. The van der Waals surface area contributed by atoms with E-state index in [-0.39, 0.29) is 11.9 Å². The van der Waals surface area contributed by atoms with Gasteiger partial charge in [-0.1, -0.05) is 0 Å². The molecule has 1 saturated heterocycles. The minimum absolute atomic E-state index is 0.0711. The summed E-state index contributed by atoms with van der Waals surface area (Å²) in [4.78, 5) is 21.8. The minimum Gasteiger partial charge on any atom is -0.354 e. The Labute approximate surface area is 146 Å². The lowest BCUT2D eigenvalue weighted by molar-refractivity contribution is 0.0926. The van der Waals surface area contributed by atoms with E-state index in [1.807, 2.05) is 6.92 Å². The Morgan fingerprint density at radius 1 is 1.57 bits per heavy atom. The summed E-state index contributed by atoms with van der Waals surface area (Å²) in [5.41, 5.74) is 1.99. The molecule has 0 aliphatic carbocycles. The van der Waals surface area contributed by atoms with Crippen molar-refractivity contribution >= 4 is 38.3 Å². The molecule has 1 aliphatic rings. The Bertz CT molecular complexity index is 735. The summed E-state index contributed by atoms with van der Waals surface area (Å²) in [6, 6.07) is 4.02. The second kappa shape index (κ2) is 6.72. The molecule has 0 unspecified atom stereocenters. The highest BCUT2D eigenvalue weighted by molar-refractivity contribution is 9.10. The number of nitrogens with one attached hydrogen (secondary N) is 2. The van der Waals surface area contributed by atoms with Crippen LogP contribution in [0, 0.1) is 18.3 Å². The first-order valence-electron chi connectivity index (χ1n) is 7.33. The van der Waals surface area contributed by atoms with E-state index in [1.54, 1.807) is 11.4 Å². The summed E-state index contributed by atoms with van der Waals surface area (Å²) in [6.07, 6.45) is 1.74. The molecule has 1 amide bonds. The molecule has 120 valence electrons. The van der Waals surface area contributed by atoms with Gasteiger partial charge in [-0.25, -0.2) is 4.98 Å². The molecule has 2 aromatic heterocycles. The molecule has 0 radical (unpaired) electrons. The van der Waals surface area contributed by atoms with Gasteiger partial charge in [0.2, 0.25) is 0 Å². The van der Waals surface area contributed by atoms with Crippen LogP contribution in [0.25, 0.3) is 0 Å². The predicted octanol–water partition coefficient (Wildman–Crippen LogP) is 2.81. The second-order valence-corrected chi connectivity index (χ2v) is 7.21. The average molecular weight is 394 g/mol. The topological polar surface area (TPSA) is 84.8 Å². The van der Waals surface area contributed by atoms with Crippen LogP contribution in [-0.2, 0) is 0 Å². The van der Waals surface area contributed by atoms with Gasteiger partial charge >= 0.3 is 0 Å². The van der Waals surface area contributed by atoms with Crippen molar-refractivity contribution in [1.29, 1.82) is 5.26 Å². The van der Waals surface area contributed by atoms with E-state index in [1.165, 1.54) is 11.3 Å². The van der Waals surface area contributed by atoms with Crippen LogP contribution in [0.15, 0.2) is 15.9 Å². The van der Waals surface area contributed by atoms with Gasteiger partial charge < -0.3 is 15.2 Å². The number of hydrogen-bond donors (Lipinski definition) is 2. The van der Waals surface area contributed by atoms with E-state index < -0.39 is 0 Å². The molecule has 3 heterocycles. The maximum atomic E-state index is 12.2. The van der Waals surface area contributed by atoms with Gasteiger partial charge in [-0.15, -0.1) is 11.3 Å². The molecule has 0 bridgehead atoms. The fourth-order valence-electron chi connectivity index (χ4n) is 2.59. The number of aromatic amines is 1. The second-order valence-electron chi connectivity index (χ2n) is 5.52. The van der Waals surface area contributed by atoms with E-state index in [0.29, 0.717) is 11.4 Å². The number of piperidine rings is 1. The number of halogens is 1. The molecule has 8 heteroatoms. The van der Waals surface area contributed by atoms with E-state index in [0.717, 1.165) is 41.2 Å². The molecule has 1 fully saturated rings. The number of nitrogens with zero attached hydrogens (tertiary/aromatic N) is 3. The summed E-state index contributed by atoms with van der Waals surface area (Å²) >= 11 is 4.90. The summed E-state index contributed by atoms with van der Waals surface area (Å²) in [6.45, 7) is 3.58. The van der Waals surface area contributed by atoms with Crippen LogP contribution >= 0.6 is 27.3 Å². The van der Waals surface area contributed by atoms with Gasteiger partial charge in [-0.3, -0.25) is 4.79 Å². The Hall–Kier alpha value is -1.85. The molecule has 6 nitrogen and oxygen atoms in total. The fraction of sp³-hybridized carbons (Fsp3) is 0.400. The first-order valence-corrected chi connectivity index (χ1v) is 9.00. The van der Waals surface area contributed by atoms with Crippen molar-refractivity contribution in [2.45, 2.75) is 25.8 Å². The number of carbonyl (C=O) groups is 1. The molecule has 23 heavy (non-hydrogen) atoms. The molecule has 3 rings (SSSR count). The summed E-state index contributed by atoms with van der Waals surface area (Å²) in [5.74, 6) is -0.0711. The Morgan fingerprint density at radius 2 is 2.30 bits per heavy atom. The van der Waals surface area contributed by atoms with Gasteiger partial charge in [-0.2, -0.15) is 5.26 Å². The van der Waals surface area contributed by atoms with Crippen molar-refractivity contribution in [2.24, 2.45) is 0 Å². The van der Waals surface area contributed by atoms with Crippen molar-refractivity contribution in [3.63, 3.8) is 0 Å². The van der Waals surface area contributed by atoms with Crippen molar-refractivity contribution < 1.29 is 4.79 Å². The van der Waals surface area contributed by atoms with Crippen LogP contribution in [-0.4, -0.2) is 35.0 Å². The number of aromatic nitrogens is 2. The number of H-pyrrole nitrogens is 1. The third-order valence-electron chi connectivity index (χ3n) is 3.90. The van der Waals surface area contributed by atoms with Crippen molar-refractivity contribution in [2.75, 3.05) is 18.0 Å². The lowest BCUT2D eigenvalue weighted by atomic mass is 10.1. The highest BCUT2D eigenvalue weighted by Crippen LogP contribution is 2.24. The number of carbonyl (C=O) groups excluding carboxylic acids is 1. The Kier molecular flexibility index (Phi) is 4.68. The van der Waals surface area contributed by atoms with Gasteiger partial charge in [0.05, 0.1) is 0 Å². The van der Waals surface area contributed by atoms with Crippen molar-refractivity contribution in [1.82, 2.24) is 15.3 Å². The first-order chi connectivity index (χ1) is 11.1. The van der Waals surface area contributed by atoms with Crippen LogP contribution in [0.1, 0.15) is 34.7 Å². The molecule has 0 saturated carbocycles. The Morgan fingerprint density at radius 3 is 2.87 bits per heavy atom. The largest absolute Gasteiger partial charge is 0.354 e. The molecule has 2 N–H and O–H groups in total. The zero-order valence-corrected chi connectivity index (χ0v) is 15.0. The van der Waals surface area contributed by atoms with E-state index in [2.05, 4.69) is 42.2 Å². The fourth-order valence-corrected chi connectivity index (χ4v) is 3.73. The third-order valence-corrected chi connectivity index (χ3v) is 5.63. The monoisotopic (exact) mass is 393 g/mol. The lowest BCUT2D eigenvalue weighted by Gasteiger charge is -2.32. The van der Waals surface area contributed by atoms with Crippen LogP contribution in [0.5, 0.6) is 0 Å². The SMILES string of the molecule is Cc1[nH]c(C(=O)NC2CCN(c3nc(C#N)cs3)CC2)cc1Br. The van der Waals surface area contributed by atoms with Crippen molar-refractivity contribution in [3.8, 4) is 6.07 Å². The molecule has 0 aromatic carbocycles. The minimum atomic E-state index is -0.0711. The standard InChI is InChI=1S/C15H16BrN5OS/c1-9-12(16)6-13(18-9)14(22)19-10-2-4-21(5-3-10)15-20-11(7-17)8-23-15/h6,8,10,18H,2-5H2,1H3,(H,19,22). The number of hydrogen-bond acceptors (Lipinski definition) is 5. The number of anilines is 1. The molecule has 1 aliphatic heterocycles. The zero-order chi connectivity index (χ0) is 16.4. The van der Waals surface area contributed by atoms with E-state index >= 15 is 0 Å². The van der Waals surface area contributed by atoms with Gasteiger partial charge in [0.15, 0.2) is 10.8 Å². The first kappa shape index (κ1) is 16.0. The van der Waals surface area contributed by atoms with Gasteiger partial charge in [0, 0.05) is 34.7 Å². The quantitative estimate of drug-likeness (QED) is 0.839. The predicted molar refractivity (Wildman–Crippen MR) is 92.8 cm³/mol. The summed E-state index contributed by atoms with van der Waals surface area (Å²) in [7, 11) is 0. The smallest absolute Gasteiger partial charge is 0.267 e. The normalized spacial score (nSPS) is 15.4. The van der Waals surface area contributed by atoms with Crippen molar-refractivity contribution in [3.05, 3.63) is 33.0 Å². The molecule has 0 spiro atoms. The molecule has 2 aromatic rings. The van der Waals surface area contributed by atoms with E-state index in [4.69, 9.17) is 5.26 Å². The maximum absolute atomic E-state index is 12.2. The number of nitriles is 1.